The second kappa shape index (κ2) is 13.9. The van der Waals surface area contributed by atoms with Crippen molar-refractivity contribution in [3.8, 4) is 0 Å². The molecule has 0 saturated carbocycles. The van der Waals surface area contributed by atoms with Gasteiger partial charge in [-0.2, -0.15) is 0 Å². The maximum atomic E-state index is 14.0. The largest absolute Gasteiger partial charge is 0.480 e. The number of aliphatic carboxylic acids is 1. The molecule has 4 unspecified atom stereocenters. The lowest BCUT2D eigenvalue weighted by Gasteiger charge is -2.30. The average molecular weight is 567 g/mol. The van der Waals surface area contributed by atoms with Gasteiger partial charge in [0.15, 0.2) is 0 Å². The molecule has 0 bridgehead atoms. The third-order valence-corrected chi connectivity index (χ3v) is 7.45. The number of benzene rings is 1. The van der Waals surface area contributed by atoms with Gasteiger partial charge >= 0.3 is 5.97 Å². The quantitative estimate of drug-likeness (QED) is 0.133. The summed E-state index contributed by atoms with van der Waals surface area (Å²) in [6, 6.07) is 3.78. The van der Waals surface area contributed by atoms with Crippen LogP contribution in [0, 0.1) is 0 Å². The zero-order valence-corrected chi connectivity index (χ0v) is 22.8. The molecule has 3 amide bonds. The number of nitrogens with zero attached hydrogens (tertiary/aromatic N) is 2. The van der Waals surface area contributed by atoms with Crippen LogP contribution in [0.1, 0.15) is 43.4 Å². The zero-order chi connectivity index (χ0) is 29.4. The summed E-state index contributed by atoms with van der Waals surface area (Å²) in [5, 5.41) is 15.9. The van der Waals surface area contributed by atoms with Gasteiger partial charge in [0, 0.05) is 48.4 Å². The highest BCUT2D eigenvalue weighted by molar-refractivity contribution is 5.95. The summed E-state index contributed by atoms with van der Waals surface area (Å²) >= 11 is 0. The number of carboxylic acid groups (broad SMARTS) is 1. The Kier molecular flexibility index (Phi) is 10.1. The van der Waals surface area contributed by atoms with Crippen LogP contribution in [0.15, 0.2) is 43.0 Å². The smallest absolute Gasteiger partial charge is 0.326 e. The third-order valence-electron chi connectivity index (χ3n) is 7.45. The molecule has 0 radical (unpaired) electrons. The number of carbonyl (C=O) groups excluding carboxylic acids is 3. The number of nitrogens with two attached hydrogens (primary N) is 2. The molecule has 0 aliphatic carbocycles. The van der Waals surface area contributed by atoms with Crippen LogP contribution in [-0.2, 0) is 32.0 Å². The molecule has 0 spiro atoms. The van der Waals surface area contributed by atoms with E-state index >= 15 is 0 Å². The van der Waals surface area contributed by atoms with Crippen molar-refractivity contribution in [1.29, 1.82) is 0 Å². The molecular formula is C28H38N8O5. The van der Waals surface area contributed by atoms with Crippen molar-refractivity contribution >= 4 is 34.6 Å². The predicted octanol–water partition coefficient (Wildman–Crippen LogP) is 0.178. The van der Waals surface area contributed by atoms with Crippen molar-refractivity contribution < 1.29 is 24.3 Å². The molecule has 220 valence electrons. The lowest BCUT2D eigenvalue weighted by atomic mass is 10.0. The van der Waals surface area contributed by atoms with Crippen LogP contribution in [0.5, 0.6) is 0 Å². The van der Waals surface area contributed by atoms with E-state index in [0.717, 1.165) is 16.5 Å². The van der Waals surface area contributed by atoms with Crippen LogP contribution < -0.4 is 22.1 Å². The zero-order valence-electron chi connectivity index (χ0n) is 22.8. The Morgan fingerprint density at radius 3 is 2.63 bits per heavy atom. The van der Waals surface area contributed by atoms with Crippen LogP contribution in [0.25, 0.3) is 10.9 Å². The predicted molar refractivity (Wildman–Crippen MR) is 151 cm³/mol. The van der Waals surface area contributed by atoms with Crippen molar-refractivity contribution in [2.24, 2.45) is 11.5 Å². The summed E-state index contributed by atoms with van der Waals surface area (Å²) in [5.41, 5.74) is 14.1. The standard InChI is InChI=1S/C28H38N8O5/c29-10-4-3-8-22(28(40)41)34-26(38)24-9-5-11-36(24)27(39)23(12-17-14-32-21-7-2-1-6-19(17)21)35-25(37)20(30)13-18-15-31-16-33-18/h1-2,6-7,14-16,20,22-24,32H,3-5,8-13,29-30H2,(H,31,33)(H,34,38)(H,35,37)(H,40,41). The number of likely N-dealkylation sites (tertiary alicyclic amines) is 1. The van der Waals surface area contributed by atoms with E-state index in [9.17, 15) is 24.3 Å². The molecule has 3 aromatic rings. The number of rotatable bonds is 14. The average Bonchev–Trinajstić information content (AvgIpc) is 3.73. The maximum absolute atomic E-state index is 14.0. The van der Waals surface area contributed by atoms with Crippen molar-refractivity contribution in [2.45, 2.75) is 69.1 Å². The van der Waals surface area contributed by atoms with Gasteiger partial charge in [0.25, 0.3) is 0 Å². The van der Waals surface area contributed by atoms with Crippen molar-refractivity contribution in [2.75, 3.05) is 13.1 Å². The number of hydrogen-bond donors (Lipinski definition) is 7. The number of hydrogen-bond acceptors (Lipinski definition) is 7. The molecule has 3 heterocycles. The van der Waals surface area contributed by atoms with Gasteiger partial charge in [0.2, 0.25) is 17.7 Å². The molecule has 13 nitrogen and oxygen atoms in total. The van der Waals surface area contributed by atoms with Crippen molar-refractivity contribution in [3.63, 3.8) is 0 Å². The maximum Gasteiger partial charge on any atom is 0.326 e. The molecular weight excluding hydrogens is 528 g/mol. The summed E-state index contributed by atoms with van der Waals surface area (Å²) in [5.74, 6) is -2.60. The molecule has 1 aliphatic rings. The van der Waals surface area contributed by atoms with Gasteiger partial charge in [-0.1, -0.05) is 18.2 Å². The van der Waals surface area contributed by atoms with Gasteiger partial charge in [-0.25, -0.2) is 9.78 Å². The summed E-state index contributed by atoms with van der Waals surface area (Å²) in [7, 11) is 0. The normalized spacial score (nSPS) is 17.2. The van der Waals surface area contributed by atoms with Gasteiger partial charge < -0.3 is 42.1 Å². The van der Waals surface area contributed by atoms with E-state index in [-0.39, 0.29) is 19.3 Å². The minimum atomic E-state index is -1.14. The first-order valence-corrected chi connectivity index (χ1v) is 13.9. The van der Waals surface area contributed by atoms with E-state index < -0.39 is 47.9 Å². The SMILES string of the molecule is NCCCCC(NC(=O)C1CCCN1C(=O)C(Cc1c[nH]c2ccccc12)NC(=O)C(N)Cc1cnc[nH]1)C(=O)O. The van der Waals surface area contributed by atoms with E-state index in [1.807, 2.05) is 24.3 Å². The Balaban J connectivity index is 1.52. The number of aromatic amines is 2. The fraction of sp³-hybridized carbons (Fsp3) is 0.464. The fourth-order valence-electron chi connectivity index (χ4n) is 5.25. The first-order valence-electron chi connectivity index (χ1n) is 13.9. The first kappa shape index (κ1) is 29.7. The van der Waals surface area contributed by atoms with Crippen molar-refractivity contribution in [3.05, 3.63) is 54.2 Å². The molecule has 1 saturated heterocycles. The summed E-state index contributed by atoms with van der Waals surface area (Å²) in [6.07, 6.45) is 7.65. The van der Waals surface area contributed by atoms with Gasteiger partial charge in [-0.15, -0.1) is 0 Å². The van der Waals surface area contributed by atoms with Crippen LogP contribution in [0.4, 0.5) is 0 Å². The Labute approximate surface area is 237 Å². The monoisotopic (exact) mass is 566 g/mol. The molecule has 41 heavy (non-hydrogen) atoms. The number of aromatic nitrogens is 3. The van der Waals surface area contributed by atoms with E-state index in [2.05, 4.69) is 25.6 Å². The lowest BCUT2D eigenvalue weighted by molar-refractivity contribution is -0.145. The van der Waals surface area contributed by atoms with Crippen molar-refractivity contribution in [1.82, 2.24) is 30.5 Å². The highest BCUT2D eigenvalue weighted by Crippen LogP contribution is 2.23. The van der Waals surface area contributed by atoms with Crippen LogP contribution in [0.2, 0.25) is 0 Å². The van der Waals surface area contributed by atoms with Crippen LogP contribution in [-0.4, -0.2) is 85.9 Å². The van der Waals surface area contributed by atoms with Gasteiger partial charge in [-0.05, 0) is 50.3 Å². The second-order valence-corrected chi connectivity index (χ2v) is 10.4. The van der Waals surface area contributed by atoms with E-state index in [4.69, 9.17) is 11.5 Å². The Morgan fingerprint density at radius 1 is 1.10 bits per heavy atom. The second-order valence-electron chi connectivity index (χ2n) is 10.4. The third kappa shape index (κ3) is 7.50. The number of nitrogens with one attached hydrogen (secondary N) is 4. The molecule has 1 aliphatic heterocycles. The summed E-state index contributed by atoms with van der Waals surface area (Å²) in [6.45, 7) is 0.739. The molecule has 1 aromatic carbocycles. The number of para-hydroxylation sites is 1. The van der Waals surface area contributed by atoms with Gasteiger partial charge in [-0.3, -0.25) is 14.4 Å². The van der Waals surface area contributed by atoms with Gasteiger partial charge in [0.1, 0.15) is 18.1 Å². The number of fused-ring (bicyclic) bond motifs is 1. The number of carboxylic acids is 1. The fourth-order valence-corrected chi connectivity index (χ4v) is 5.25. The molecule has 4 rings (SSSR count). The molecule has 13 heteroatoms. The number of imidazole rings is 1. The van der Waals surface area contributed by atoms with Crippen LogP contribution >= 0.6 is 0 Å². The topological polar surface area (TPSA) is 212 Å². The van der Waals surface area contributed by atoms with E-state index in [1.54, 1.807) is 12.4 Å². The Bertz CT molecular complexity index is 1340. The number of carbonyl (C=O) groups is 4. The van der Waals surface area contributed by atoms with E-state index in [0.29, 0.717) is 44.5 Å². The molecule has 9 N–H and O–H groups in total. The molecule has 4 atom stereocenters. The minimum absolute atomic E-state index is 0.174. The first-order chi connectivity index (χ1) is 19.8. The highest BCUT2D eigenvalue weighted by atomic mass is 16.4. The Hall–Kier alpha value is -4.23. The summed E-state index contributed by atoms with van der Waals surface area (Å²) < 4.78 is 0. The number of H-pyrrole nitrogens is 2. The molecule has 1 fully saturated rings. The summed E-state index contributed by atoms with van der Waals surface area (Å²) in [4.78, 5) is 63.6. The van der Waals surface area contributed by atoms with Gasteiger partial charge in [0.05, 0.1) is 12.4 Å². The minimum Gasteiger partial charge on any atom is -0.480 e. The Morgan fingerprint density at radius 2 is 1.90 bits per heavy atom. The highest BCUT2D eigenvalue weighted by Gasteiger charge is 2.39. The lowest BCUT2D eigenvalue weighted by Crippen LogP contribution is -2.57. The number of amides is 3. The van der Waals surface area contributed by atoms with Crippen LogP contribution in [0.3, 0.4) is 0 Å². The van der Waals surface area contributed by atoms with E-state index in [1.165, 1.54) is 11.2 Å². The number of unbranched alkanes of at least 4 members (excludes halogenated alkanes) is 1. The molecule has 2 aromatic heterocycles.